The van der Waals surface area contributed by atoms with Crippen molar-refractivity contribution in [3.05, 3.63) is 0 Å². The average molecular weight is 268 g/mol. The Morgan fingerprint density at radius 2 is 1.95 bits per heavy atom. The first kappa shape index (κ1) is 15.3. The van der Waals surface area contributed by atoms with Crippen LogP contribution in [0.5, 0.6) is 0 Å². The summed E-state index contributed by atoms with van der Waals surface area (Å²) in [5.74, 6) is 2.17. The summed E-state index contributed by atoms with van der Waals surface area (Å²) in [6.45, 7) is 11.2. The molecule has 0 bridgehead atoms. The van der Waals surface area contributed by atoms with Gasteiger partial charge < -0.3 is 15.3 Å². The van der Waals surface area contributed by atoms with Gasteiger partial charge in [0.1, 0.15) is 0 Å². The minimum atomic E-state index is -0.170. The summed E-state index contributed by atoms with van der Waals surface area (Å²) in [7, 11) is 0. The molecule has 2 rings (SSSR count). The zero-order valence-electron chi connectivity index (χ0n) is 12.9. The molecule has 0 spiro atoms. The molecule has 1 saturated carbocycles. The summed E-state index contributed by atoms with van der Waals surface area (Å²) >= 11 is 0. The van der Waals surface area contributed by atoms with Crippen molar-refractivity contribution in [2.45, 2.75) is 58.6 Å². The number of hydrogen-bond acceptors (Lipinski definition) is 3. The fourth-order valence-corrected chi connectivity index (χ4v) is 3.12. The van der Waals surface area contributed by atoms with Gasteiger partial charge in [0.15, 0.2) is 0 Å². The third-order valence-electron chi connectivity index (χ3n) is 4.61. The van der Waals surface area contributed by atoms with E-state index in [4.69, 9.17) is 0 Å². The number of piperidine rings is 1. The quantitative estimate of drug-likeness (QED) is 0.742. The zero-order chi connectivity index (χ0) is 13.8. The molecule has 1 saturated heterocycles. The summed E-state index contributed by atoms with van der Waals surface area (Å²) < 4.78 is 0. The first-order chi connectivity index (χ1) is 9.04. The summed E-state index contributed by atoms with van der Waals surface area (Å²) in [5.41, 5.74) is 0. The molecule has 0 aromatic heterocycles. The second kappa shape index (κ2) is 7.05. The minimum Gasteiger partial charge on any atom is -0.393 e. The molecular weight excluding hydrogens is 236 g/mol. The lowest BCUT2D eigenvalue weighted by Gasteiger charge is -2.39. The van der Waals surface area contributed by atoms with E-state index in [-0.39, 0.29) is 6.10 Å². The van der Waals surface area contributed by atoms with Gasteiger partial charge in [-0.05, 0) is 56.9 Å². The number of nitrogens with zero attached hydrogens (tertiary/aromatic N) is 1. The molecule has 1 aliphatic carbocycles. The van der Waals surface area contributed by atoms with Crippen LogP contribution in [-0.4, -0.2) is 48.3 Å². The summed E-state index contributed by atoms with van der Waals surface area (Å²) in [4.78, 5) is 2.59. The molecule has 3 nitrogen and oxygen atoms in total. The van der Waals surface area contributed by atoms with Crippen LogP contribution < -0.4 is 5.32 Å². The molecule has 112 valence electrons. The topological polar surface area (TPSA) is 35.5 Å². The Morgan fingerprint density at radius 1 is 1.21 bits per heavy atom. The molecule has 0 radical (unpaired) electrons. The maximum Gasteiger partial charge on any atom is 0.0553 e. The monoisotopic (exact) mass is 268 g/mol. The number of likely N-dealkylation sites (tertiary alicyclic amines) is 1. The van der Waals surface area contributed by atoms with Gasteiger partial charge in [-0.2, -0.15) is 0 Å². The molecule has 2 aliphatic rings. The van der Waals surface area contributed by atoms with Gasteiger partial charge in [-0.15, -0.1) is 0 Å². The molecule has 3 unspecified atom stereocenters. The molecule has 0 amide bonds. The summed E-state index contributed by atoms with van der Waals surface area (Å²) in [6, 6.07) is 0.575. The van der Waals surface area contributed by atoms with Gasteiger partial charge in [0.05, 0.1) is 6.10 Å². The Labute approximate surface area is 118 Å². The number of aliphatic hydroxyl groups excluding tert-OH is 1. The van der Waals surface area contributed by atoms with Crippen LogP contribution >= 0.6 is 0 Å². The standard InChI is InChI=1S/C16H32N2O/c1-12(2)6-7-17-16-8-15(13(3)19)10-18(11-16)9-14-4-5-14/h12-17,19H,4-11H2,1-3H3. The lowest BCUT2D eigenvalue weighted by atomic mass is 9.90. The van der Waals surface area contributed by atoms with Crippen molar-refractivity contribution >= 4 is 0 Å². The lowest BCUT2D eigenvalue weighted by molar-refractivity contribution is 0.0461. The predicted octanol–water partition coefficient (Wildman–Crippen LogP) is 2.10. The van der Waals surface area contributed by atoms with Gasteiger partial charge in [0.2, 0.25) is 0 Å². The Hall–Kier alpha value is -0.120. The van der Waals surface area contributed by atoms with E-state index < -0.39 is 0 Å². The maximum absolute atomic E-state index is 9.92. The van der Waals surface area contributed by atoms with Crippen molar-refractivity contribution in [3.63, 3.8) is 0 Å². The van der Waals surface area contributed by atoms with E-state index in [1.807, 2.05) is 6.92 Å². The highest BCUT2D eigenvalue weighted by molar-refractivity contribution is 4.88. The van der Waals surface area contributed by atoms with Crippen LogP contribution in [0.25, 0.3) is 0 Å². The summed E-state index contributed by atoms with van der Waals surface area (Å²) in [5, 5.41) is 13.6. The van der Waals surface area contributed by atoms with Gasteiger partial charge in [0.25, 0.3) is 0 Å². The van der Waals surface area contributed by atoms with E-state index in [9.17, 15) is 5.11 Å². The van der Waals surface area contributed by atoms with E-state index in [0.717, 1.165) is 31.3 Å². The van der Waals surface area contributed by atoms with E-state index in [0.29, 0.717) is 12.0 Å². The SMILES string of the molecule is CC(C)CCNC1CC(C(C)O)CN(CC2CC2)C1. The first-order valence-electron chi connectivity index (χ1n) is 8.18. The number of hydrogen-bond donors (Lipinski definition) is 2. The number of rotatable bonds is 7. The van der Waals surface area contributed by atoms with Gasteiger partial charge in [0, 0.05) is 25.7 Å². The van der Waals surface area contributed by atoms with Crippen molar-refractivity contribution in [2.75, 3.05) is 26.2 Å². The van der Waals surface area contributed by atoms with Gasteiger partial charge in [-0.3, -0.25) is 0 Å². The molecule has 0 aromatic rings. The maximum atomic E-state index is 9.92. The van der Waals surface area contributed by atoms with E-state index >= 15 is 0 Å². The normalized spacial score (nSPS) is 30.8. The highest BCUT2D eigenvalue weighted by Gasteiger charge is 2.32. The molecule has 1 aliphatic heterocycles. The molecule has 3 atom stereocenters. The number of nitrogens with one attached hydrogen (secondary N) is 1. The molecule has 2 N–H and O–H groups in total. The Morgan fingerprint density at radius 3 is 2.53 bits per heavy atom. The van der Waals surface area contributed by atoms with Gasteiger partial charge in [-0.25, -0.2) is 0 Å². The molecule has 3 heteroatoms. The van der Waals surface area contributed by atoms with Crippen LogP contribution in [-0.2, 0) is 0 Å². The van der Waals surface area contributed by atoms with E-state index in [2.05, 4.69) is 24.1 Å². The lowest BCUT2D eigenvalue weighted by Crippen LogP contribution is -2.52. The fraction of sp³-hybridized carbons (Fsp3) is 1.00. The molecule has 0 aromatic carbocycles. The van der Waals surface area contributed by atoms with Crippen molar-refractivity contribution in [3.8, 4) is 0 Å². The molecular formula is C16H32N2O. The van der Waals surface area contributed by atoms with E-state index in [1.54, 1.807) is 0 Å². The van der Waals surface area contributed by atoms with Crippen molar-refractivity contribution in [1.29, 1.82) is 0 Å². The highest BCUT2D eigenvalue weighted by Crippen LogP contribution is 2.31. The molecule has 1 heterocycles. The number of aliphatic hydroxyl groups is 1. The highest BCUT2D eigenvalue weighted by atomic mass is 16.3. The zero-order valence-corrected chi connectivity index (χ0v) is 12.9. The Balaban J connectivity index is 1.79. The molecule has 2 fully saturated rings. The Kier molecular flexibility index (Phi) is 5.67. The third-order valence-corrected chi connectivity index (χ3v) is 4.61. The minimum absolute atomic E-state index is 0.170. The van der Waals surface area contributed by atoms with Crippen LogP contribution in [0.15, 0.2) is 0 Å². The van der Waals surface area contributed by atoms with Crippen molar-refractivity contribution < 1.29 is 5.11 Å². The Bertz CT molecular complexity index is 263. The summed E-state index contributed by atoms with van der Waals surface area (Å²) in [6.07, 6.45) is 5.05. The third kappa shape index (κ3) is 5.41. The van der Waals surface area contributed by atoms with E-state index in [1.165, 1.54) is 32.4 Å². The van der Waals surface area contributed by atoms with Crippen LogP contribution in [0.1, 0.15) is 46.5 Å². The first-order valence-corrected chi connectivity index (χ1v) is 8.18. The van der Waals surface area contributed by atoms with Crippen LogP contribution in [0, 0.1) is 17.8 Å². The fourth-order valence-electron chi connectivity index (χ4n) is 3.12. The predicted molar refractivity (Wildman–Crippen MR) is 80.2 cm³/mol. The van der Waals surface area contributed by atoms with Gasteiger partial charge in [-0.1, -0.05) is 13.8 Å². The average Bonchev–Trinajstić information content (AvgIpc) is 3.12. The van der Waals surface area contributed by atoms with Crippen molar-refractivity contribution in [1.82, 2.24) is 10.2 Å². The van der Waals surface area contributed by atoms with Gasteiger partial charge >= 0.3 is 0 Å². The largest absolute Gasteiger partial charge is 0.393 e. The smallest absolute Gasteiger partial charge is 0.0553 e. The second-order valence-corrected chi connectivity index (χ2v) is 7.23. The van der Waals surface area contributed by atoms with Crippen LogP contribution in [0.3, 0.4) is 0 Å². The van der Waals surface area contributed by atoms with Crippen LogP contribution in [0.2, 0.25) is 0 Å². The van der Waals surface area contributed by atoms with Crippen LogP contribution in [0.4, 0.5) is 0 Å². The second-order valence-electron chi connectivity index (χ2n) is 7.23. The molecule has 19 heavy (non-hydrogen) atoms. The van der Waals surface area contributed by atoms with Crippen molar-refractivity contribution in [2.24, 2.45) is 17.8 Å².